The van der Waals surface area contributed by atoms with Crippen LogP contribution in [0.1, 0.15) is 12.5 Å². The van der Waals surface area contributed by atoms with E-state index in [0.29, 0.717) is 5.75 Å². The van der Waals surface area contributed by atoms with Gasteiger partial charge in [-0.05, 0) is 18.6 Å². The number of rotatable bonds is 5. The molecule has 1 rings (SSSR count). The molecule has 5 nitrogen and oxygen atoms in total. The third-order valence-corrected chi connectivity index (χ3v) is 2.32. The maximum absolute atomic E-state index is 11.5. The number of amides is 2. The first-order chi connectivity index (χ1) is 8.54. The zero-order valence-corrected chi connectivity index (χ0v) is 10.4. The van der Waals surface area contributed by atoms with Crippen LogP contribution in [0.5, 0.6) is 5.75 Å². The van der Waals surface area contributed by atoms with Gasteiger partial charge in [0.15, 0.2) is 0 Å². The van der Waals surface area contributed by atoms with Crippen LogP contribution in [0.3, 0.4) is 0 Å². The Kier molecular flexibility index (Phi) is 4.92. The number of nitrogens with one attached hydrogen (secondary N) is 1. The lowest BCUT2D eigenvalue weighted by Gasteiger charge is -2.08. The van der Waals surface area contributed by atoms with Gasteiger partial charge in [-0.2, -0.15) is 0 Å². The summed E-state index contributed by atoms with van der Waals surface area (Å²) in [4.78, 5) is 22.0. The number of hydrogen-bond acceptors (Lipinski definition) is 3. The molecular formula is C13H16N2O3. The van der Waals surface area contributed by atoms with E-state index in [9.17, 15) is 9.59 Å². The summed E-state index contributed by atoms with van der Waals surface area (Å²) in [6, 6.07) is 7.37. The van der Waals surface area contributed by atoms with Gasteiger partial charge in [0.05, 0.1) is 13.7 Å². The molecule has 3 N–H and O–H groups in total. The highest BCUT2D eigenvalue weighted by Gasteiger charge is 2.06. The Morgan fingerprint density at radius 1 is 1.39 bits per heavy atom. The fourth-order valence-corrected chi connectivity index (χ4v) is 1.47. The minimum Gasteiger partial charge on any atom is -0.496 e. The van der Waals surface area contributed by atoms with E-state index in [4.69, 9.17) is 10.5 Å². The van der Waals surface area contributed by atoms with Crippen molar-refractivity contribution in [3.63, 3.8) is 0 Å². The van der Waals surface area contributed by atoms with E-state index < -0.39 is 5.91 Å². The van der Waals surface area contributed by atoms with Gasteiger partial charge in [-0.1, -0.05) is 18.2 Å². The quantitative estimate of drug-likeness (QED) is 0.752. The van der Waals surface area contributed by atoms with Crippen molar-refractivity contribution in [2.24, 2.45) is 5.73 Å². The number of carbonyl (C=O) groups excluding carboxylic acids is 2. The van der Waals surface area contributed by atoms with Crippen LogP contribution in [-0.4, -0.2) is 25.5 Å². The van der Waals surface area contributed by atoms with Crippen molar-refractivity contribution in [3.8, 4) is 5.75 Å². The lowest BCUT2D eigenvalue weighted by atomic mass is 10.1. The van der Waals surface area contributed by atoms with Gasteiger partial charge in [0.2, 0.25) is 11.8 Å². The van der Waals surface area contributed by atoms with Crippen LogP contribution >= 0.6 is 0 Å². The van der Waals surface area contributed by atoms with Crippen molar-refractivity contribution in [3.05, 3.63) is 35.9 Å². The van der Waals surface area contributed by atoms with Gasteiger partial charge in [0, 0.05) is 11.6 Å². The highest BCUT2D eigenvalue weighted by Crippen LogP contribution is 2.24. The number of primary amides is 1. The lowest BCUT2D eigenvalue weighted by Crippen LogP contribution is -2.32. The average molecular weight is 248 g/mol. The summed E-state index contributed by atoms with van der Waals surface area (Å²) in [5, 5.41) is 2.39. The number of hydrogen-bond donors (Lipinski definition) is 2. The minimum atomic E-state index is -0.577. The maximum atomic E-state index is 11.5. The molecule has 0 bridgehead atoms. The molecule has 1 aromatic carbocycles. The van der Waals surface area contributed by atoms with Crippen molar-refractivity contribution >= 4 is 17.4 Å². The minimum absolute atomic E-state index is 0.172. The third kappa shape index (κ3) is 3.93. The van der Waals surface area contributed by atoms with Crippen molar-refractivity contribution in [1.29, 1.82) is 0 Å². The second-order valence-electron chi connectivity index (χ2n) is 3.71. The molecule has 0 aliphatic carbocycles. The predicted molar refractivity (Wildman–Crippen MR) is 68.8 cm³/mol. The summed E-state index contributed by atoms with van der Waals surface area (Å²) < 4.78 is 5.20. The summed E-state index contributed by atoms with van der Waals surface area (Å²) in [6.07, 6.45) is 1.40. The largest absolute Gasteiger partial charge is 0.496 e. The van der Waals surface area contributed by atoms with Gasteiger partial charge < -0.3 is 15.8 Å². The van der Waals surface area contributed by atoms with E-state index in [-0.39, 0.29) is 12.5 Å². The van der Waals surface area contributed by atoms with Crippen LogP contribution in [-0.2, 0) is 9.59 Å². The molecule has 5 heteroatoms. The summed E-state index contributed by atoms with van der Waals surface area (Å²) >= 11 is 0. The molecule has 0 aliphatic rings. The van der Waals surface area contributed by atoms with Crippen molar-refractivity contribution < 1.29 is 14.3 Å². The molecule has 2 amide bonds. The second kappa shape index (κ2) is 6.44. The number of nitrogens with two attached hydrogens (primary N) is 1. The van der Waals surface area contributed by atoms with E-state index >= 15 is 0 Å². The summed E-state index contributed by atoms with van der Waals surface area (Å²) in [5.41, 5.74) is 6.51. The van der Waals surface area contributed by atoms with Gasteiger partial charge >= 0.3 is 0 Å². The number of carbonyl (C=O) groups is 2. The molecule has 0 aromatic heterocycles. The van der Waals surface area contributed by atoms with Gasteiger partial charge in [-0.15, -0.1) is 0 Å². The van der Waals surface area contributed by atoms with E-state index in [0.717, 1.165) is 11.1 Å². The van der Waals surface area contributed by atoms with Crippen LogP contribution in [0.4, 0.5) is 0 Å². The number of allylic oxidation sites excluding steroid dienone is 1. The normalized spacial score (nSPS) is 10.9. The van der Waals surface area contributed by atoms with Gasteiger partial charge in [-0.3, -0.25) is 9.59 Å². The summed E-state index contributed by atoms with van der Waals surface area (Å²) in [7, 11) is 1.57. The Balaban J connectivity index is 2.82. The summed E-state index contributed by atoms with van der Waals surface area (Å²) in [6.45, 7) is 1.62. The SMILES string of the molecule is COc1ccccc1C(C)=CC(=O)NCC(N)=O. The maximum Gasteiger partial charge on any atom is 0.244 e. The molecule has 1 aromatic rings. The molecule has 0 saturated carbocycles. The molecule has 0 unspecified atom stereocenters. The number of ether oxygens (including phenoxy) is 1. The number of methoxy groups -OCH3 is 1. The number of benzene rings is 1. The molecule has 0 heterocycles. The lowest BCUT2D eigenvalue weighted by molar-refractivity contribution is -0.122. The Hall–Kier alpha value is -2.30. The molecule has 0 spiro atoms. The molecule has 0 saturated heterocycles. The fourth-order valence-electron chi connectivity index (χ4n) is 1.47. The molecule has 96 valence electrons. The standard InChI is InChI=1S/C13H16N2O3/c1-9(7-13(17)15-8-12(14)16)10-5-3-4-6-11(10)18-2/h3-7H,8H2,1-2H3,(H2,14,16)(H,15,17). The van der Waals surface area contributed by atoms with Crippen molar-refractivity contribution in [2.45, 2.75) is 6.92 Å². The topological polar surface area (TPSA) is 81.4 Å². The Labute approximate surface area is 106 Å². The number of para-hydroxylation sites is 1. The van der Waals surface area contributed by atoms with E-state index in [2.05, 4.69) is 5.32 Å². The third-order valence-electron chi connectivity index (χ3n) is 2.32. The molecule has 0 fully saturated rings. The smallest absolute Gasteiger partial charge is 0.244 e. The Morgan fingerprint density at radius 2 is 2.06 bits per heavy atom. The van der Waals surface area contributed by atoms with Gasteiger partial charge in [0.25, 0.3) is 0 Å². The highest BCUT2D eigenvalue weighted by molar-refractivity contribution is 5.97. The first kappa shape index (κ1) is 13.8. The first-order valence-corrected chi connectivity index (χ1v) is 5.42. The van der Waals surface area contributed by atoms with Crippen LogP contribution in [0.15, 0.2) is 30.3 Å². The molecule has 18 heavy (non-hydrogen) atoms. The molecule has 0 aliphatic heterocycles. The van der Waals surface area contributed by atoms with Gasteiger partial charge in [-0.25, -0.2) is 0 Å². The van der Waals surface area contributed by atoms with Crippen LogP contribution < -0.4 is 15.8 Å². The van der Waals surface area contributed by atoms with Crippen molar-refractivity contribution in [1.82, 2.24) is 5.32 Å². The van der Waals surface area contributed by atoms with Crippen molar-refractivity contribution in [2.75, 3.05) is 13.7 Å². The van der Waals surface area contributed by atoms with Gasteiger partial charge in [0.1, 0.15) is 5.75 Å². The summed E-state index contributed by atoms with van der Waals surface area (Å²) in [5.74, 6) is -0.252. The van der Waals surface area contributed by atoms with Crippen LogP contribution in [0, 0.1) is 0 Å². The molecule has 0 radical (unpaired) electrons. The highest BCUT2D eigenvalue weighted by atomic mass is 16.5. The molecule has 0 atom stereocenters. The first-order valence-electron chi connectivity index (χ1n) is 5.42. The zero-order chi connectivity index (χ0) is 13.5. The monoisotopic (exact) mass is 248 g/mol. The second-order valence-corrected chi connectivity index (χ2v) is 3.71. The average Bonchev–Trinajstić information content (AvgIpc) is 2.36. The van der Waals surface area contributed by atoms with Crippen LogP contribution in [0.2, 0.25) is 0 Å². The Morgan fingerprint density at radius 3 is 2.67 bits per heavy atom. The molecular weight excluding hydrogens is 232 g/mol. The van der Waals surface area contributed by atoms with E-state index in [1.807, 2.05) is 24.3 Å². The van der Waals surface area contributed by atoms with Crippen LogP contribution in [0.25, 0.3) is 5.57 Å². The van der Waals surface area contributed by atoms with E-state index in [1.54, 1.807) is 14.0 Å². The Bertz CT molecular complexity index is 481. The predicted octanol–water partition coefficient (Wildman–Crippen LogP) is 0.700. The van der Waals surface area contributed by atoms with E-state index in [1.165, 1.54) is 6.08 Å². The zero-order valence-electron chi connectivity index (χ0n) is 10.4. The fraction of sp³-hybridized carbons (Fsp3) is 0.231.